The number of hydrogen-bond donors (Lipinski definition) is 7. The van der Waals surface area contributed by atoms with Gasteiger partial charge in [-0.25, -0.2) is 14.2 Å². The summed E-state index contributed by atoms with van der Waals surface area (Å²) >= 11 is 2.98. The van der Waals surface area contributed by atoms with Gasteiger partial charge in [-0.3, -0.25) is 15.7 Å². The Morgan fingerprint density at radius 3 is 2.64 bits per heavy atom. The van der Waals surface area contributed by atoms with Crippen molar-refractivity contribution in [3.05, 3.63) is 34.1 Å². The third-order valence-electron chi connectivity index (χ3n) is 2.60. The maximum Gasteiger partial charge on any atom is 1.00 e. The molecule has 0 fully saturated rings. The molecule has 0 aliphatic carbocycles. The van der Waals surface area contributed by atoms with Crippen LogP contribution < -0.4 is 74.1 Å². The summed E-state index contributed by atoms with van der Waals surface area (Å²) in [5.74, 6) is -1.20. The predicted octanol–water partition coefficient (Wildman–Crippen LogP) is -1.65. The number of hydroxylamine groups is 1. The third-order valence-corrected chi connectivity index (χ3v) is 3.21. The van der Waals surface area contributed by atoms with Gasteiger partial charge in [0, 0.05) is 6.54 Å². The van der Waals surface area contributed by atoms with E-state index in [1.54, 1.807) is 5.48 Å². The third kappa shape index (κ3) is 9.82. The molecule has 0 aliphatic rings. The Morgan fingerprint density at radius 2 is 2.11 bits per heavy atom. The standard InChI is InChI=1S/C12H14BrFN7O5.K.H3N/c13-7-5-6(1-2-8(7)14)18-11(20-24)9(19-23)10(15)16-3-4-17-12(22)26-21-25;;/h1-2,5,23-25H,3-4H2,(H2,15,16)(H,17,22)(H,18,20);;1H3/q-1;+1;/b19-9+;;. The Bertz CT molecular complexity index is 736. The summed E-state index contributed by atoms with van der Waals surface area (Å²) in [6, 6.07) is 3.76. The van der Waals surface area contributed by atoms with E-state index in [1.165, 1.54) is 12.1 Å². The van der Waals surface area contributed by atoms with Gasteiger partial charge in [0.25, 0.3) is 0 Å². The second kappa shape index (κ2) is 15.7. The van der Waals surface area contributed by atoms with Crippen LogP contribution in [0.15, 0.2) is 37.8 Å². The molecule has 0 aromatic heterocycles. The van der Waals surface area contributed by atoms with Crippen molar-refractivity contribution in [1.82, 2.24) is 16.9 Å². The fourth-order valence-corrected chi connectivity index (χ4v) is 1.88. The number of aliphatic imine (C=N–C) groups is 2. The molecule has 0 radical (unpaired) electrons. The van der Waals surface area contributed by atoms with E-state index in [0.29, 0.717) is 0 Å². The summed E-state index contributed by atoms with van der Waals surface area (Å²) in [5.41, 5.74) is 9.33. The molecule has 13 nitrogen and oxygen atoms in total. The summed E-state index contributed by atoms with van der Waals surface area (Å²) < 4.78 is 13.4. The molecule has 0 saturated carbocycles. The molecule has 0 unspecified atom stereocenters. The van der Waals surface area contributed by atoms with Crippen LogP contribution in [0.4, 0.5) is 14.9 Å². The zero-order chi connectivity index (χ0) is 19.5. The van der Waals surface area contributed by atoms with Crippen molar-refractivity contribution >= 4 is 45.1 Å². The van der Waals surface area contributed by atoms with Crippen molar-refractivity contribution < 1.29 is 81.0 Å². The summed E-state index contributed by atoms with van der Waals surface area (Å²) in [6.07, 6.45) is -1.02. The van der Waals surface area contributed by atoms with Gasteiger partial charge in [0.2, 0.25) is 0 Å². The van der Waals surface area contributed by atoms with Crippen molar-refractivity contribution in [1.29, 1.82) is 0 Å². The first-order valence-corrected chi connectivity index (χ1v) is 7.48. The average Bonchev–Trinajstić information content (AvgIpc) is 2.61. The molecular formula is C12H17BrFKN8O5. The number of nitrogens with one attached hydrogen (secondary N) is 2. The second-order valence-electron chi connectivity index (χ2n) is 4.27. The second-order valence-corrected chi connectivity index (χ2v) is 5.13. The molecule has 16 heteroatoms. The van der Waals surface area contributed by atoms with Crippen LogP contribution in [0, 0.1) is 5.82 Å². The van der Waals surface area contributed by atoms with Gasteiger partial charge < -0.3 is 38.1 Å². The number of amides is 1. The molecule has 0 spiro atoms. The predicted molar refractivity (Wildman–Crippen MR) is 96.5 cm³/mol. The first kappa shape index (κ1) is 29.0. The topological polar surface area (TPSA) is 223 Å². The first-order valence-electron chi connectivity index (χ1n) is 6.68. The minimum absolute atomic E-state index is 0. The number of carbonyl (C=O) groups is 1. The monoisotopic (exact) mass is 490 g/mol. The van der Waals surface area contributed by atoms with Crippen LogP contribution in [0.3, 0.4) is 0 Å². The van der Waals surface area contributed by atoms with Gasteiger partial charge in [-0.05, 0) is 34.1 Å². The summed E-state index contributed by atoms with van der Waals surface area (Å²) in [6.45, 7) is -0.107. The van der Waals surface area contributed by atoms with Crippen molar-refractivity contribution in [2.45, 2.75) is 0 Å². The maximum atomic E-state index is 13.2. The smallest absolute Gasteiger partial charge is 0.523 e. The molecular weight excluding hydrogens is 474 g/mol. The Balaban J connectivity index is 0. The Morgan fingerprint density at radius 1 is 1.43 bits per heavy atom. The molecule has 1 aromatic rings. The van der Waals surface area contributed by atoms with Gasteiger partial charge in [0.1, 0.15) is 5.82 Å². The van der Waals surface area contributed by atoms with Crippen molar-refractivity contribution in [2.75, 3.05) is 13.1 Å². The molecule has 0 atom stereocenters. The van der Waals surface area contributed by atoms with Gasteiger partial charge in [0.15, 0.2) is 17.4 Å². The first-order chi connectivity index (χ1) is 12.4. The number of nitrogens with two attached hydrogens (primary N) is 1. The molecule has 28 heavy (non-hydrogen) atoms. The molecule has 0 saturated heterocycles. The number of benzene rings is 1. The molecule has 1 aromatic carbocycles. The number of amidine groups is 2. The quantitative estimate of drug-likeness (QED) is 0.0583. The van der Waals surface area contributed by atoms with E-state index in [-0.39, 0.29) is 92.5 Å². The van der Waals surface area contributed by atoms with Crippen LogP contribution in [0.25, 0.3) is 5.64 Å². The van der Waals surface area contributed by atoms with E-state index in [2.05, 4.69) is 46.9 Å². The molecule has 10 N–H and O–H groups in total. The Kier molecular flexibility index (Phi) is 16.2. The van der Waals surface area contributed by atoms with Crippen LogP contribution in [0.2, 0.25) is 0 Å². The largest absolute Gasteiger partial charge is 1.00 e. The van der Waals surface area contributed by atoms with Crippen LogP contribution >= 0.6 is 15.9 Å². The van der Waals surface area contributed by atoms with E-state index in [0.717, 1.165) is 6.07 Å². The normalized spacial score (nSPS) is 11.8. The minimum Gasteiger partial charge on any atom is -0.523 e. The zero-order valence-electron chi connectivity index (χ0n) is 14.6. The van der Waals surface area contributed by atoms with Crippen LogP contribution in [0.5, 0.6) is 0 Å². The van der Waals surface area contributed by atoms with Gasteiger partial charge in [-0.1, -0.05) is 5.16 Å². The molecule has 0 bridgehead atoms. The molecule has 0 aliphatic heterocycles. The summed E-state index contributed by atoms with van der Waals surface area (Å²) in [7, 11) is 0. The SMILES string of the molecule is N.NC(=NCCNC(=O)O[N-]O)/C(=N\O)C(=Nc1ccc(F)c(Br)c1)NO.[K+]. The fraction of sp³-hybridized carbons (Fsp3) is 0.167. The van der Waals surface area contributed by atoms with Crippen molar-refractivity contribution in [3.63, 3.8) is 0 Å². The van der Waals surface area contributed by atoms with Gasteiger partial charge in [-0.15, -0.1) is 0 Å². The average molecular weight is 491 g/mol. The summed E-state index contributed by atoms with van der Waals surface area (Å²) in [4.78, 5) is 22.5. The Labute approximate surface area is 209 Å². The number of nitrogens with zero attached hydrogens (tertiary/aromatic N) is 4. The molecule has 1 rings (SSSR count). The van der Waals surface area contributed by atoms with E-state index < -0.39 is 17.6 Å². The molecule has 1 amide bonds. The molecule has 150 valence electrons. The van der Waals surface area contributed by atoms with Crippen molar-refractivity contribution in [2.24, 2.45) is 20.9 Å². The number of rotatable bonds is 7. The Hall–Kier alpha value is -1.21. The van der Waals surface area contributed by atoms with Crippen LogP contribution in [0.1, 0.15) is 0 Å². The van der Waals surface area contributed by atoms with Crippen LogP contribution in [-0.2, 0) is 4.84 Å². The number of oxime groups is 1. The zero-order valence-corrected chi connectivity index (χ0v) is 19.3. The van der Waals surface area contributed by atoms with E-state index in [9.17, 15) is 14.4 Å². The number of carbonyl (C=O) groups excluding carboxylic acids is 1. The fourth-order valence-electron chi connectivity index (χ4n) is 1.51. The van der Waals surface area contributed by atoms with Crippen LogP contribution in [-0.4, -0.2) is 52.2 Å². The van der Waals surface area contributed by atoms with E-state index >= 15 is 0 Å². The van der Waals surface area contributed by atoms with E-state index in [1.807, 2.05) is 0 Å². The van der Waals surface area contributed by atoms with E-state index in [4.69, 9.17) is 16.1 Å². The van der Waals surface area contributed by atoms with Gasteiger partial charge >= 0.3 is 57.5 Å². The number of halogens is 2. The minimum atomic E-state index is -1.02. The van der Waals surface area contributed by atoms with Gasteiger partial charge in [-0.2, -0.15) is 0 Å². The number of hydrogen-bond acceptors (Lipinski definition) is 9. The maximum absolute atomic E-state index is 13.2. The molecule has 0 heterocycles. The summed E-state index contributed by atoms with van der Waals surface area (Å²) in [5, 5.41) is 31.4. The van der Waals surface area contributed by atoms with Gasteiger partial charge in [0.05, 0.1) is 16.7 Å². The van der Waals surface area contributed by atoms with Crippen molar-refractivity contribution in [3.8, 4) is 0 Å².